The third-order valence-corrected chi connectivity index (χ3v) is 6.47. The van der Waals surface area contributed by atoms with Gasteiger partial charge in [0.05, 0.1) is 22.5 Å². The molecule has 3 saturated carbocycles. The van der Waals surface area contributed by atoms with Gasteiger partial charge in [0.1, 0.15) is 17.5 Å². The van der Waals surface area contributed by atoms with E-state index in [2.05, 4.69) is 15.3 Å². The van der Waals surface area contributed by atoms with Crippen LogP contribution in [0.5, 0.6) is 0 Å². The number of nitrogens with zero attached hydrogens (tertiary/aromatic N) is 3. The molecule has 3 aliphatic rings. The zero-order chi connectivity index (χ0) is 21.2. The molecule has 3 aliphatic carbocycles. The number of hydrogen-bond donors (Lipinski definition) is 1. The first-order valence-electron chi connectivity index (χ1n) is 10.0. The largest absolute Gasteiger partial charge is 0.363 e. The molecule has 0 amide bonds. The summed E-state index contributed by atoms with van der Waals surface area (Å²) >= 11 is 0. The van der Waals surface area contributed by atoms with Crippen molar-refractivity contribution in [3.8, 4) is 0 Å². The maximum Gasteiger partial charge on any atom is 0.266 e. The van der Waals surface area contributed by atoms with Crippen LogP contribution in [0.1, 0.15) is 55.6 Å². The topological polar surface area (TPSA) is 59.8 Å². The number of aromatic nitrogens is 3. The Labute approximate surface area is 171 Å². The van der Waals surface area contributed by atoms with Crippen molar-refractivity contribution in [2.45, 2.75) is 51.1 Å². The van der Waals surface area contributed by atoms with E-state index in [4.69, 9.17) is 0 Å². The van der Waals surface area contributed by atoms with Crippen molar-refractivity contribution in [3.63, 3.8) is 0 Å². The summed E-state index contributed by atoms with van der Waals surface area (Å²) in [5.74, 6) is 0.701. The zero-order valence-electron chi connectivity index (χ0n) is 16.6. The molecule has 5 nitrogen and oxygen atoms in total. The number of halogens is 3. The predicted octanol–water partition coefficient (Wildman–Crippen LogP) is 4.86. The normalized spacial score (nSPS) is 23.2. The molecule has 1 atom stereocenters. The fourth-order valence-electron chi connectivity index (χ4n) is 4.78. The maximum atomic E-state index is 14.6. The molecule has 156 valence electrons. The molecule has 0 saturated heterocycles. The molecule has 30 heavy (non-hydrogen) atoms. The Morgan fingerprint density at radius 1 is 1.20 bits per heavy atom. The first kappa shape index (κ1) is 19.1. The van der Waals surface area contributed by atoms with Crippen LogP contribution in [0.15, 0.2) is 35.3 Å². The number of fused-ring (bicyclic) bond motifs is 1. The molecular formula is C22H21F3N4O. The molecule has 0 aliphatic heterocycles. The lowest BCUT2D eigenvalue weighted by Crippen LogP contribution is -2.61. The van der Waals surface area contributed by atoms with E-state index in [1.54, 1.807) is 24.6 Å². The first-order valence-corrected chi connectivity index (χ1v) is 10.0. The van der Waals surface area contributed by atoms with Crippen LogP contribution in [0, 0.1) is 18.7 Å². The van der Waals surface area contributed by atoms with Crippen molar-refractivity contribution in [2.24, 2.45) is 5.92 Å². The van der Waals surface area contributed by atoms with Gasteiger partial charge in [0, 0.05) is 23.4 Å². The minimum absolute atomic E-state index is 0.0894. The summed E-state index contributed by atoms with van der Waals surface area (Å²) in [6.45, 7) is 3.40. The Kier molecular flexibility index (Phi) is 4.17. The molecule has 6 rings (SSSR count). The Bertz CT molecular complexity index is 1210. The van der Waals surface area contributed by atoms with Gasteiger partial charge in [-0.1, -0.05) is 18.2 Å². The van der Waals surface area contributed by atoms with Crippen LogP contribution < -0.4 is 10.9 Å². The number of anilines is 1. The van der Waals surface area contributed by atoms with E-state index < -0.39 is 23.8 Å². The van der Waals surface area contributed by atoms with Gasteiger partial charge in [0.15, 0.2) is 0 Å². The second-order valence-electron chi connectivity index (χ2n) is 8.52. The summed E-state index contributed by atoms with van der Waals surface area (Å²) in [5, 5.41) is 3.80. The van der Waals surface area contributed by atoms with Gasteiger partial charge in [-0.3, -0.25) is 4.79 Å². The highest BCUT2D eigenvalue weighted by Gasteiger charge is 2.58. The van der Waals surface area contributed by atoms with Crippen LogP contribution in [0.2, 0.25) is 0 Å². The van der Waals surface area contributed by atoms with Gasteiger partial charge >= 0.3 is 0 Å². The van der Waals surface area contributed by atoms with Gasteiger partial charge in [-0.05, 0) is 39.0 Å². The van der Waals surface area contributed by atoms with E-state index in [-0.39, 0.29) is 16.7 Å². The number of alkyl halides is 2. The van der Waals surface area contributed by atoms with Gasteiger partial charge in [-0.25, -0.2) is 23.1 Å². The maximum absolute atomic E-state index is 14.6. The number of benzene rings is 1. The lowest BCUT2D eigenvalue weighted by atomic mass is 9.49. The highest BCUT2D eigenvalue weighted by Crippen LogP contribution is 2.61. The van der Waals surface area contributed by atoms with Crippen molar-refractivity contribution in [2.75, 3.05) is 5.32 Å². The van der Waals surface area contributed by atoms with Crippen molar-refractivity contribution < 1.29 is 13.2 Å². The summed E-state index contributed by atoms with van der Waals surface area (Å²) in [4.78, 5) is 21.5. The number of hydrogen-bond acceptors (Lipinski definition) is 4. The van der Waals surface area contributed by atoms with Gasteiger partial charge < -0.3 is 9.88 Å². The van der Waals surface area contributed by atoms with Crippen molar-refractivity contribution in [3.05, 3.63) is 63.6 Å². The SMILES string of the molecule is Cc1nc(N[C@H](C)c2cccc(C(F)F)c2F)c2cn(C34CC(C3)C4)c(=O)cc2n1. The van der Waals surface area contributed by atoms with Crippen molar-refractivity contribution in [1.82, 2.24) is 14.5 Å². The van der Waals surface area contributed by atoms with E-state index >= 15 is 0 Å². The summed E-state index contributed by atoms with van der Waals surface area (Å²) in [7, 11) is 0. The zero-order valence-corrected chi connectivity index (χ0v) is 16.6. The van der Waals surface area contributed by atoms with E-state index in [1.165, 1.54) is 18.2 Å². The second kappa shape index (κ2) is 6.55. The average Bonchev–Trinajstić information content (AvgIpc) is 2.59. The molecular weight excluding hydrogens is 393 g/mol. The first-order chi connectivity index (χ1) is 14.3. The van der Waals surface area contributed by atoms with Gasteiger partial charge in [0.2, 0.25) is 0 Å². The molecule has 3 aromatic rings. The molecule has 2 bridgehead atoms. The lowest BCUT2D eigenvalue weighted by Gasteiger charge is -2.62. The highest BCUT2D eigenvalue weighted by molar-refractivity contribution is 5.88. The third kappa shape index (κ3) is 2.80. The Balaban J connectivity index is 1.56. The van der Waals surface area contributed by atoms with Crippen LogP contribution in [0.25, 0.3) is 10.9 Å². The second-order valence-corrected chi connectivity index (χ2v) is 8.52. The monoisotopic (exact) mass is 414 g/mol. The summed E-state index contributed by atoms with van der Waals surface area (Å²) < 4.78 is 42.5. The van der Waals surface area contributed by atoms with Crippen LogP contribution in [-0.4, -0.2) is 14.5 Å². The molecule has 0 unspecified atom stereocenters. The molecule has 0 spiro atoms. The van der Waals surface area contributed by atoms with Crippen LogP contribution in [0.3, 0.4) is 0 Å². The highest BCUT2D eigenvalue weighted by atomic mass is 19.3. The summed E-state index contributed by atoms with van der Waals surface area (Å²) in [6.07, 6.45) is 1.93. The molecule has 0 radical (unpaired) electrons. The molecule has 2 aromatic heterocycles. The Morgan fingerprint density at radius 2 is 1.90 bits per heavy atom. The Morgan fingerprint density at radius 3 is 2.53 bits per heavy atom. The fraction of sp³-hybridized carbons (Fsp3) is 0.409. The molecule has 8 heteroatoms. The summed E-state index contributed by atoms with van der Waals surface area (Å²) in [6, 6.07) is 4.88. The molecule has 3 fully saturated rings. The number of pyridine rings is 1. The fourth-order valence-corrected chi connectivity index (χ4v) is 4.78. The Hall–Kier alpha value is -2.90. The minimum atomic E-state index is -2.89. The van der Waals surface area contributed by atoms with Crippen molar-refractivity contribution in [1.29, 1.82) is 0 Å². The van der Waals surface area contributed by atoms with E-state index in [0.29, 0.717) is 28.5 Å². The number of nitrogens with one attached hydrogen (secondary N) is 1. The van der Waals surface area contributed by atoms with Gasteiger partial charge in [-0.15, -0.1) is 0 Å². The van der Waals surface area contributed by atoms with Crippen molar-refractivity contribution >= 4 is 16.7 Å². The average molecular weight is 414 g/mol. The van der Waals surface area contributed by atoms with Gasteiger partial charge in [0.25, 0.3) is 12.0 Å². The van der Waals surface area contributed by atoms with Crippen LogP contribution in [-0.2, 0) is 5.54 Å². The molecule has 2 heterocycles. The van der Waals surface area contributed by atoms with E-state index in [9.17, 15) is 18.0 Å². The van der Waals surface area contributed by atoms with Gasteiger partial charge in [-0.2, -0.15) is 0 Å². The van der Waals surface area contributed by atoms with E-state index in [0.717, 1.165) is 25.3 Å². The lowest BCUT2D eigenvalue weighted by molar-refractivity contribution is -0.0911. The number of rotatable bonds is 5. The predicted molar refractivity (Wildman–Crippen MR) is 107 cm³/mol. The van der Waals surface area contributed by atoms with Crippen LogP contribution >= 0.6 is 0 Å². The molecule has 1 aromatic carbocycles. The smallest absolute Gasteiger partial charge is 0.266 e. The summed E-state index contributed by atoms with van der Waals surface area (Å²) in [5.41, 5.74) is -0.172. The number of aryl methyl sites for hydroxylation is 1. The minimum Gasteiger partial charge on any atom is -0.363 e. The third-order valence-electron chi connectivity index (χ3n) is 6.47. The molecule has 1 N–H and O–H groups in total. The quantitative estimate of drug-likeness (QED) is 0.648. The van der Waals surface area contributed by atoms with Crippen LogP contribution in [0.4, 0.5) is 19.0 Å². The van der Waals surface area contributed by atoms with E-state index in [1.807, 2.05) is 0 Å². The standard InChI is InChI=1S/C22H21F3N4O/c1-11(14-4-3-5-15(19(14)23)20(24)25)26-21-16-10-29(22-7-13(8-22)9-22)18(30)6-17(16)27-12(2)28-21/h3-6,10-11,13,20H,7-9H2,1-2H3,(H,26,27,28)/t11-,13?,22?/m1/s1.